The molecule has 1 aliphatic heterocycles. The van der Waals surface area contributed by atoms with Crippen molar-refractivity contribution in [3.05, 3.63) is 77.5 Å². The summed E-state index contributed by atoms with van der Waals surface area (Å²) in [5, 5.41) is 2.15. The first-order chi connectivity index (χ1) is 13.2. The summed E-state index contributed by atoms with van der Waals surface area (Å²) in [5.74, 6) is 0.901. The number of carbonyl (C=O) groups excluding carboxylic acids is 1. The van der Waals surface area contributed by atoms with Gasteiger partial charge in [-0.3, -0.25) is 0 Å². The van der Waals surface area contributed by atoms with Crippen molar-refractivity contribution in [1.29, 1.82) is 0 Å². The van der Waals surface area contributed by atoms with E-state index < -0.39 is 5.97 Å². The molecule has 1 aliphatic rings. The second kappa shape index (κ2) is 6.96. The van der Waals surface area contributed by atoms with Crippen LogP contribution in [0, 0.1) is 0 Å². The zero-order chi connectivity index (χ0) is 18.8. The van der Waals surface area contributed by atoms with Crippen LogP contribution in [0.2, 0.25) is 0 Å². The number of carbonyl (C=O) groups is 1. The fourth-order valence-electron chi connectivity index (χ4n) is 3.03. The quantitative estimate of drug-likeness (QED) is 0.517. The molecule has 1 heterocycles. The zero-order valence-corrected chi connectivity index (χ0v) is 14.9. The van der Waals surface area contributed by atoms with Gasteiger partial charge in [0.15, 0.2) is 17.2 Å². The SMILES string of the molecule is COc1ccc(C2=N/C(=C/c3cccc4ccccc34)C(=O)O2)cc1OC. The van der Waals surface area contributed by atoms with Crippen molar-refractivity contribution in [3.63, 3.8) is 0 Å². The topological polar surface area (TPSA) is 57.1 Å². The Balaban J connectivity index is 1.74. The van der Waals surface area contributed by atoms with Gasteiger partial charge >= 0.3 is 5.97 Å². The van der Waals surface area contributed by atoms with Gasteiger partial charge in [0.25, 0.3) is 0 Å². The lowest BCUT2D eigenvalue weighted by Crippen LogP contribution is -2.06. The second-order valence-electron chi connectivity index (χ2n) is 5.97. The Labute approximate surface area is 156 Å². The predicted octanol–water partition coefficient (Wildman–Crippen LogP) is 4.20. The molecule has 0 bridgehead atoms. The first-order valence-corrected chi connectivity index (χ1v) is 8.42. The minimum Gasteiger partial charge on any atom is -0.493 e. The van der Waals surface area contributed by atoms with Crippen LogP contribution in [0.25, 0.3) is 16.8 Å². The first-order valence-electron chi connectivity index (χ1n) is 8.42. The number of nitrogens with zero attached hydrogens (tertiary/aromatic N) is 1. The molecule has 3 aromatic rings. The largest absolute Gasteiger partial charge is 0.493 e. The number of benzene rings is 3. The molecule has 0 saturated carbocycles. The monoisotopic (exact) mass is 359 g/mol. The van der Waals surface area contributed by atoms with Crippen LogP contribution in [0.3, 0.4) is 0 Å². The standard InChI is InChI=1S/C22H17NO4/c1-25-19-11-10-16(13-20(19)26-2)21-23-18(22(24)27-21)12-15-8-5-7-14-6-3-4-9-17(14)15/h3-13H,1-2H3/b18-12+. The van der Waals surface area contributed by atoms with E-state index in [1.54, 1.807) is 38.5 Å². The lowest BCUT2D eigenvalue weighted by atomic mass is 10.0. The Hall–Kier alpha value is -3.60. The molecule has 0 fully saturated rings. The molecule has 0 amide bonds. The lowest BCUT2D eigenvalue weighted by molar-refractivity contribution is -0.129. The van der Waals surface area contributed by atoms with Gasteiger partial charge in [0.1, 0.15) is 0 Å². The molecule has 5 nitrogen and oxygen atoms in total. The minimum absolute atomic E-state index is 0.243. The number of fused-ring (bicyclic) bond motifs is 1. The maximum absolute atomic E-state index is 12.3. The van der Waals surface area contributed by atoms with E-state index in [4.69, 9.17) is 14.2 Å². The number of hydrogen-bond acceptors (Lipinski definition) is 5. The molecule has 0 aliphatic carbocycles. The summed E-state index contributed by atoms with van der Waals surface area (Å²) in [6.45, 7) is 0. The number of aliphatic imine (C=N–C) groups is 1. The van der Waals surface area contributed by atoms with Crippen LogP contribution in [-0.4, -0.2) is 26.1 Å². The molecule has 0 radical (unpaired) electrons. The number of esters is 1. The molecule has 3 aromatic carbocycles. The van der Waals surface area contributed by atoms with E-state index >= 15 is 0 Å². The average molecular weight is 359 g/mol. The zero-order valence-electron chi connectivity index (χ0n) is 14.9. The van der Waals surface area contributed by atoms with E-state index in [9.17, 15) is 4.79 Å². The molecular formula is C22H17NO4. The van der Waals surface area contributed by atoms with Crippen LogP contribution in [0.15, 0.2) is 71.4 Å². The number of hydrogen-bond donors (Lipinski definition) is 0. The van der Waals surface area contributed by atoms with Gasteiger partial charge < -0.3 is 14.2 Å². The maximum Gasteiger partial charge on any atom is 0.363 e. The van der Waals surface area contributed by atoms with E-state index in [1.807, 2.05) is 42.5 Å². The fraction of sp³-hybridized carbons (Fsp3) is 0.0909. The number of ether oxygens (including phenoxy) is 3. The van der Waals surface area contributed by atoms with Gasteiger partial charge in [-0.25, -0.2) is 9.79 Å². The number of methoxy groups -OCH3 is 2. The Morgan fingerprint density at radius 2 is 1.70 bits per heavy atom. The molecule has 0 saturated heterocycles. The Kier molecular flexibility index (Phi) is 4.34. The van der Waals surface area contributed by atoms with Crippen LogP contribution in [0.5, 0.6) is 11.5 Å². The van der Waals surface area contributed by atoms with Gasteiger partial charge in [0.05, 0.1) is 14.2 Å². The molecule has 0 atom stereocenters. The van der Waals surface area contributed by atoms with E-state index in [2.05, 4.69) is 4.99 Å². The van der Waals surface area contributed by atoms with Crippen LogP contribution in [0.4, 0.5) is 0 Å². The average Bonchev–Trinajstić information content (AvgIpc) is 3.08. The van der Waals surface area contributed by atoms with Crippen LogP contribution < -0.4 is 9.47 Å². The van der Waals surface area contributed by atoms with Gasteiger partial charge in [-0.05, 0) is 40.6 Å². The van der Waals surface area contributed by atoms with Gasteiger partial charge in [-0.2, -0.15) is 0 Å². The predicted molar refractivity (Wildman–Crippen MR) is 104 cm³/mol. The third-order valence-electron chi connectivity index (χ3n) is 4.37. The lowest BCUT2D eigenvalue weighted by Gasteiger charge is -2.08. The Morgan fingerprint density at radius 1 is 0.926 bits per heavy atom. The summed E-state index contributed by atoms with van der Waals surface area (Å²) in [7, 11) is 3.12. The summed E-state index contributed by atoms with van der Waals surface area (Å²) in [6.07, 6.45) is 1.75. The van der Waals surface area contributed by atoms with Crippen molar-refractivity contribution in [3.8, 4) is 11.5 Å². The molecule has 27 heavy (non-hydrogen) atoms. The number of rotatable bonds is 4. The summed E-state index contributed by atoms with van der Waals surface area (Å²) in [6, 6.07) is 19.2. The molecule has 0 aromatic heterocycles. The normalized spacial score (nSPS) is 15.0. The van der Waals surface area contributed by atoms with Gasteiger partial charge in [0.2, 0.25) is 5.90 Å². The summed E-state index contributed by atoms with van der Waals surface area (Å²) in [4.78, 5) is 16.7. The van der Waals surface area contributed by atoms with E-state index in [0.29, 0.717) is 17.1 Å². The van der Waals surface area contributed by atoms with Crippen LogP contribution in [0.1, 0.15) is 11.1 Å². The molecular weight excluding hydrogens is 342 g/mol. The minimum atomic E-state index is -0.479. The van der Waals surface area contributed by atoms with Gasteiger partial charge in [-0.1, -0.05) is 42.5 Å². The highest BCUT2D eigenvalue weighted by Crippen LogP contribution is 2.30. The first kappa shape index (κ1) is 16.8. The molecule has 134 valence electrons. The number of cyclic esters (lactones) is 1. The second-order valence-corrected chi connectivity index (χ2v) is 5.97. The van der Waals surface area contributed by atoms with Crippen LogP contribution >= 0.6 is 0 Å². The molecule has 0 unspecified atom stereocenters. The smallest absolute Gasteiger partial charge is 0.363 e. The van der Waals surface area contributed by atoms with Crippen molar-refractivity contribution < 1.29 is 19.0 Å². The molecule has 0 N–H and O–H groups in total. The van der Waals surface area contributed by atoms with Crippen molar-refractivity contribution in [2.75, 3.05) is 14.2 Å². The molecule has 4 rings (SSSR count). The third-order valence-corrected chi connectivity index (χ3v) is 4.37. The van der Waals surface area contributed by atoms with Crippen molar-refractivity contribution in [1.82, 2.24) is 0 Å². The Morgan fingerprint density at radius 3 is 2.52 bits per heavy atom. The van der Waals surface area contributed by atoms with Crippen LogP contribution in [-0.2, 0) is 9.53 Å². The van der Waals surface area contributed by atoms with Crippen molar-refractivity contribution in [2.24, 2.45) is 4.99 Å². The van der Waals surface area contributed by atoms with Crippen molar-refractivity contribution in [2.45, 2.75) is 0 Å². The van der Waals surface area contributed by atoms with Crippen molar-refractivity contribution >= 4 is 28.7 Å². The van der Waals surface area contributed by atoms with E-state index in [-0.39, 0.29) is 11.6 Å². The summed E-state index contributed by atoms with van der Waals surface area (Å²) >= 11 is 0. The van der Waals surface area contributed by atoms with E-state index in [1.165, 1.54) is 0 Å². The highest BCUT2D eigenvalue weighted by atomic mass is 16.6. The third kappa shape index (κ3) is 3.15. The molecule has 0 spiro atoms. The summed E-state index contributed by atoms with van der Waals surface area (Å²) in [5.41, 5.74) is 1.82. The van der Waals surface area contributed by atoms with Gasteiger partial charge in [-0.15, -0.1) is 0 Å². The van der Waals surface area contributed by atoms with Gasteiger partial charge in [0, 0.05) is 5.56 Å². The maximum atomic E-state index is 12.3. The van der Waals surface area contributed by atoms with E-state index in [0.717, 1.165) is 16.3 Å². The Bertz CT molecular complexity index is 1090. The highest BCUT2D eigenvalue weighted by Gasteiger charge is 2.25. The molecule has 5 heteroatoms. The fourth-order valence-corrected chi connectivity index (χ4v) is 3.03. The highest BCUT2D eigenvalue weighted by molar-refractivity contribution is 6.13. The summed E-state index contributed by atoms with van der Waals surface area (Å²) < 4.78 is 15.9.